The van der Waals surface area contributed by atoms with Crippen molar-refractivity contribution in [2.75, 3.05) is 56.0 Å². The van der Waals surface area contributed by atoms with E-state index in [1.54, 1.807) is 19.4 Å². The van der Waals surface area contributed by atoms with Crippen molar-refractivity contribution in [3.63, 3.8) is 0 Å². The average Bonchev–Trinajstić information content (AvgIpc) is 3.22. The molecule has 2 aromatic carbocycles. The van der Waals surface area contributed by atoms with Crippen LogP contribution in [0.4, 0.5) is 28.7 Å². The Morgan fingerprint density at radius 2 is 1.92 bits per heavy atom. The molecule has 38 heavy (non-hydrogen) atoms. The fraction of sp³-hybridized carbons (Fsp3) is 0.321. The van der Waals surface area contributed by atoms with E-state index in [9.17, 15) is 4.79 Å². The molecular weight excluding hydrogens is 480 g/mol. The molecule has 200 valence electrons. The van der Waals surface area contributed by atoms with Crippen molar-refractivity contribution in [3.8, 4) is 17.0 Å². The van der Waals surface area contributed by atoms with Gasteiger partial charge in [-0.05, 0) is 26.2 Å². The number of hydrogen-bond acceptors (Lipinski definition) is 8. The maximum absolute atomic E-state index is 12.6. The lowest BCUT2D eigenvalue weighted by atomic mass is 10.1. The maximum Gasteiger partial charge on any atom is 0.227 e. The van der Waals surface area contributed by atoms with Crippen molar-refractivity contribution in [1.29, 1.82) is 0 Å². The summed E-state index contributed by atoms with van der Waals surface area (Å²) in [6.07, 6.45) is 3.63. The number of fused-ring (bicyclic) bond motifs is 1. The summed E-state index contributed by atoms with van der Waals surface area (Å²) < 4.78 is 7.68. The summed E-state index contributed by atoms with van der Waals surface area (Å²) in [5, 5.41) is 10.6. The van der Waals surface area contributed by atoms with E-state index in [4.69, 9.17) is 15.5 Å². The van der Waals surface area contributed by atoms with Crippen molar-refractivity contribution in [2.24, 2.45) is 13.0 Å². The van der Waals surface area contributed by atoms with Gasteiger partial charge in [-0.25, -0.2) is 9.97 Å². The van der Waals surface area contributed by atoms with Crippen LogP contribution in [0.2, 0.25) is 0 Å². The third-order valence-electron chi connectivity index (χ3n) is 6.22. The van der Waals surface area contributed by atoms with Crippen LogP contribution < -0.4 is 26.4 Å². The average molecular weight is 517 g/mol. The second-order valence-corrected chi connectivity index (χ2v) is 9.77. The number of para-hydroxylation sites is 1. The topological polar surface area (TPSA) is 122 Å². The number of aromatic nitrogens is 3. The lowest BCUT2D eigenvalue weighted by Crippen LogP contribution is -2.21. The number of amides is 1. The van der Waals surface area contributed by atoms with Gasteiger partial charge in [0.15, 0.2) is 0 Å². The van der Waals surface area contributed by atoms with Crippen molar-refractivity contribution in [2.45, 2.75) is 13.8 Å². The van der Waals surface area contributed by atoms with E-state index in [2.05, 4.69) is 25.8 Å². The van der Waals surface area contributed by atoms with E-state index in [0.29, 0.717) is 34.5 Å². The van der Waals surface area contributed by atoms with E-state index in [-0.39, 0.29) is 11.8 Å². The van der Waals surface area contributed by atoms with Gasteiger partial charge in [-0.3, -0.25) is 4.79 Å². The first-order chi connectivity index (χ1) is 18.2. The van der Waals surface area contributed by atoms with Crippen LogP contribution >= 0.6 is 0 Å². The highest BCUT2D eigenvalue weighted by atomic mass is 16.5. The smallest absolute Gasteiger partial charge is 0.227 e. The zero-order valence-corrected chi connectivity index (χ0v) is 22.8. The number of benzene rings is 2. The third kappa shape index (κ3) is 5.81. The number of anilines is 5. The summed E-state index contributed by atoms with van der Waals surface area (Å²) in [6, 6.07) is 11.7. The molecular formula is C28H36N8O2. The lowest BCUT2D eigenvalue weighted by Gasteiger charge is -2.17. The van der Waals surface area contributed by atoms with Crippen LogP contribution in [-0.2, 0) is 11.8 Å². The quantitative estimate of drug-likeness (QED) is 0.227. The van der Waals surface area contributed by atoms with Crippen LogP contribution in [0, 0.1) is 5.92 Å². The first kappa shape index (κ1) is 26.7. The van der Waals surface area contributed by atoms with Gasteiger partial charge in [0.1, 0.15) is 11.4 Å². The van der Waals surface area contributed by atoms with Gasteiger partial charge in [-0.2, -0.15) is 0 Å². The molecule has 0 radical (unpaired) electrons. The van der Waals surface area contributed by atoms with Gasteiger partial charge in [-0.1, -0.05) is 32.0 Å². The highest BCUT2D eigenvalue weighted by Gasteiger charge is 2.19. The summed E-state index contributed by atoms with van der Waals surface area (Å²) >= 11 is 0. The predicted octanol–water partition coefficient (Wildman–Crippen LogP) is 4.54. The van der Waals surface area contributed by atoms with E-state index in [1.165, 1.54) is 0 Å². The molecule has 0 saturated heterocycles. The van der Waals surface area contributed by atoms with Gasteiger partial charge in [0.2, 0.25) is 11.9 Å². The largest absolute Gasteiger partial charge is 0.494 e. The summed E-state index contributed by atoms with van der Waals surface area (Å²) in [7, 11) is 7.63. The number of carbonyl (C=O) groups excluding carboxylic acids is 1. The fourth-order valence-corrected chi connectivity index (χ4v) is 4.10. The zero-order chi connectivity index (χ0) is 27.4. The molecule has 10 nitrogen and oxygen atoms in total. The number of carbonyl (C=O) groups is 1. The molecule has 2 aromatic heterocycles. The molecule has 0 aliphatic carbocycles. The van der Waals surface area contributed by atoms with Crippen LogP contribution in [-0.4, -0.2) is 59.6 Å². The SMILES string of the molecule is COc1cc(NCCN(C)C)c(N)cc1Nc1ncc(NC(=O)C(C)C)c(-c2cn(C)c3ccccc23)n1. The number of nitrogens with one attached hydrogen (secondary N) is 3. The van der Waals surface area contributed by atoms with Gasteiger partial charge in [0, 0.05) is 54.8 Å². The minimum absolute atomic E-state index is 0.109. The number of aryl methyl sites for hydroxylation is 1. The molecule has 10 heteroatoms. The van der Waals surface area contributed by atoms with Crippen LogP contribution in [0.25, 0.3) is 22.2 Å². The van der Waals surface area contributed by atoms with Crippen molar-refractivity contribution >= 4 is 45.5 Å². The molecule has 0 fully saturated rings. The number of ether oxygens (including phenoxy) is 1. The Labute approximate surface area is 223 Å². The molecule has 0 spiro atoms. The van der Waals surface area contributed by atoms with Gasteiger partial charge in [0.05, 0.1) is 36.1 Å². The molecule has 0 atom stereocenters. The summed E-state index contributed by atoms with van der Waals surface area (Å²) in [5.74, 6) is 0.647. The number of nitrogen functional groups attached to an aromatic ring is 1. The number of nitrogens with two attached hydrogens (primary N) is 1. The molecule has 1 amide bonds. The third-order valence-corrected chi connectivity index (χ3v) is 6.22. The highest BCUT2D eigenvalue weighted by molar-refractivity contribution is 6.02. The number of likely N-dealkylation sites (N-methyl/N-ethyl adjacent to an activating group) is 1. The second kappa shape index (κ2) is 11.4. The normalized spacial score (nSPS) is 11.3. The minimum atomic E-state index is -0.190. The predicted molar refractivity (Wildman–Crippen MR) is 155 cm³/mol. The van der Waals surface area contributed by atoms with E-state index < -0.39 is 0 Å². The Balaban J connectivity index is 1.73. The van der Waals surface area contributed by atoms with Crippen molar-refractivity contribution in [1.82, 2.24) is 19.4 Å². The van der Waals surface area contributed by atoms with Crippen LogP contribution in [0.1, 0.15) is 13.8 Å². The number of hydrogen-bond donors (Lipinski definition) is 4. The molecule has 0 aliphatic heterocycles. The van der Waals surface area contributed by atoms with Gasteiger partial charge >= 0.3 is 0 Å². The van der Waals surface area contributed by atoms with E-state index in [0.717, 1.165) is 35.2 Å². The fourth-order valence-electron chi connectivity index (χ4n) is 4.10. The lowest BCUT2D eigenvalue weighted by molar-refractivity contribution is -0.118. The Hall–Kier alpha value is -4.31. The first-order valence-corrected chi connectivity index (χ1v) is 12.5. The minimum Gasteiger partial charge on any atom is -0.494 e. The molecule has 4 rings (SSSR count). The summed E-state index contributed by atoms with van der Waals surface area (Å²) in [6.45, 7) is 5.30. The first-order valence-electron chi connectivity index (χ1n) is 12.5. The van der Waals surface area contributed by atoms with Gasteiger partial charge in [-0.15, -0.1) is 0 Å². The molecule has 4 aromatic rings. The van der Waals surface area contributed by atoms with Gasteiger partial charge in [0.25, 0.3) is 0 Å². The van der Waals surface area contributed by atoms with Crippen LogP contribution in [0.15, 0.2) is 48.8 Å². The van der Waals surface area contributed by atoms with Crippen LogP contribution in [0.5, 0.6) is 5.75 Å². The number of rotatable bonds is 10. The maximum atomic E-state index is 12.6. The number of nitrogens with zero attached hydrogens (tertiary/aromatic N) is 4. The molecule has 0 unspecified atom stereocenters. The molecule has 0 saturated carbocycles. The Morgan fingerprint density at radius 3 is 2.63 bits per heavy atom. The van der Waals surface area contributed by atoms with Crippen LogP contribution in [0.3, 0.4) is 0 Å². The van der Waals surface area contributed by atoms with Crippen molar-refractivity contribution in [3.05, 3.63) is 48.8 Å². The molecule has 2 heterocycles. The Bertz CT molecular complexity index is 1440. The Morgan fingerprint density at radius 1 is 1.16 bits per heavy atom. The van der Waals surface area contributed by atoms with E-state index >= 15 is 0 Å². The number of methoxy groups -OCH3 is 1. The monoisotopic (exact) mass is 516 g/mol. The molecule has 5 N–H and O–H groups in total. The highest BCUT2D eigenvalue weighted by Crippen LogP contribution is 2.37. The zero-order valence-electron chi connectivity index (χ0n) is 22.8. The van der Waals surface area contributed by atoms with Gasteiger partial charge < -0.3 is 35.9 Å². The Kier molecular flexibility index (Phi) is 8.02. The summed E-state index contributed by atoms with van der Waals surface area (Å²) in [5.41, 5.74) is 11.4. The second-order valence-electron chi connectivity index (χ2n) is 9.77. The molecule has 0 aliphatic rings. The van der Waals surface area contributed by atoms with E-state index in [1.807, 2.05) is 76.1 Å². The molecule has 0 bridgehead atoms. The standard InChI is InChI=1S/C28H36N8O2/c1-17(2)27(37)32-23-15-31-28(34-26(23)19-16-36(5)24-10-8-7-9-18(19)24)33-22-13-20(29)21(14-25(22)38-6)30-11-12-35(3)4/h7-10,13-17,30H,11-12,29H2,1-6H3,(H,32,37)(H,31,33,34). The summed E-state index contributed by atoms with van der Waals surface area (Å²) in [4.78, 5) is 24.0. The van der Waals surface area contributed by atoms with Crippen molar-refractivity contribution < 1.29 is 9.53 Å².